The molecule has 0 radical (unpaired) electrons. The Morgan fingerprint density at radius 3 is 2.37 bits per heavy atom. The van der Waals surface area contributed by atoms with Crippen molar-refractivity contribution in [2.45, 2.75) is 6.18 Å². The van der Waals surface area contributed by atoms with Crippen LogP contribution in [0.3, 0.4) is 0 Å². The van der Waals surface area contributed by atoms with Crippen LogP contribution in [0.2, 0.25) is 0 Å². The number of rotatable bonds is 5. The Labute approximate surface area is 107 Å². The highest BCUT2D eigenvalue weighted by Gasteiger charge is 2.41. The first-order valence-corrected chi connectivity index (χ1v) is 5.32. The van der Waals surface area contributed by atoms with Gasteiger partial charge in [-0.2, -0.15) is 18.4 Å². The van der Waals surface area contributed by atoms with E-state index in [1.54, 1.807) is 18.2 Å². The third-order valence-electron chi connectivity index (χ3n) is 2.40. The summed E-state index contributed by atoms with van der Waals surface area (Å²) in [5, 5.41) is 17.3. The Balaban J connectivity index is 2.93. The van der Waals surface area contributed by atoms with Gasteiger partial charge < -0.3 is 10.0 Å². The number of alkyl halides is 3. The molecule has 1 rings (SSSR count). The second kappa shape index (κ2) is 6.09. The van der Waals surface area contributed by atoms with E-state index in [0.717, 1.165) is 11.0 Å². The van der Waals surface area contributed by atoms with Gasteiger partial charge in [0.2, 0.25) is 0 Å². The van der Waals surface area contributed by atoms with Gasteiger partial charge in [-0.3, -0.25) is 4.79 Å². The predicted octanol–water partition coefficient (Wildman–Crippen LogP) is 2.28. The first-order chi connectivity index (χ1) is 8.84. The van der Waals surface area contributed by atoms with E-state index in [1.807, 2.05) is 0 Å². The molecule has 102 valence electrons. The lowest BCUT2D eigenvalue weighted by atomic mass is 10.1. The normalized spacial score (nSPS) is 12.5. The average Bonchev–Trinajstić information content (AvgIpc) is 2.33. The minimum absolute atomic E-state index is 0.328. The molecule has 0 aliphatic carbocycles. The van der Waals surface area contributed by atoms with Crippen molar-refractivity contribution in [1.82, 2.24) is 0 Å². The van der Waals surface area contributed by atoms with E-state index in [-0.39, 0.29) is 0 Å². The quantitative estimate of drug-likeness (QED) is 0.893. The Kier molecular flexibility index (Phi) is 4.75. The van der Waals surface area contributed by atoms with Crippen molar-refractivity contribution in [3.8, 4) is 6.07 Å². The topological polar surface area (TPSA) is 64.3 Å². The number of carbonyl (C=O) groups is 1. The van der Waals surface area contributed by atoms with Crippen molar-refractivity contribution in [2.75, 3.05) is 18.0 Å². The van der Waals surface area contributed by atoms with E-state index in [2.05, 4.69) is 0 Å². The smallest absolute Gasteiger partial charge is 0.406 e. The third-order valence-corrected chi connectivity index (χ3v) is 2.40. The molecule has 0 fully saturated rings. The van der Waals surface area contributed by atoms with Crippen LogP contribution in [-0.4, -0.2) is 30.3 Å². The van der Waals surface area contributed by atoms with Crippen LogP contribution in [0.5, 0.6) is 0 Å². The molecule has 1 N–H and O–H groups in total. The lowest BCUT2D eigenvalue weighted by molar-refractivity contribution is -0.157. The van der Waals surface area contributed by atoms with Crippen LogP contribution in [0.1, 0.15) is 0 Å². The molecular weight excluding hydrogens is 261 g/mol. The lowest BCUT2D eigenvalue weighted by Gasteiger charge is -2.26. The highest BCUT2D eigenvalue weighted by atomic mass is 19.4. The number of hydrogen-bond acceptors (Lipinski definition) is 3. The standard InChI is InChI=1S/C12H11F3N2O2/c13-12(14,15)9(6-16)7-17(8-11(18)19)10-4-2-1-3-5-10/h1-5,9H,7-8H2,(H,18,19). The van der Waals surface area contributed by atoms with Gasteiger partial charge in [-0.15, -0.1) is 0 Å². The van der Waals surface area contributed by atoms with Crippen molar-refractivity contribution >= 4 is 11.7 Å². The molecule has 0 aliphatic rings. The van der Waals surface area contributed by atoms with Crippen LogP contribution in [0.4, 0.5) is 18.9 Å². The number of para-hydroxylation sites is 1. The second-order valence-corrected chi connectivity index (χ2v) is 3.83. The summed E-state index contributed by atoms with van der Waals surface area (Å²) in [5.74, 6) is -3.49. The van der Waals surface area contributed by atoms with Crippen molar-refractivity contribution < 1.29 is 23.1 Å². The maximum Gasteiger partial charge on any atom is 0.406 e. The molecule has 0 heterocycles. The van der Waals surface area contributed by atoms with Gasteiger partial charge in [0, 0.05) is 12.2 Å². The van der Waals surface area contributed by atoms with Gasteiger partial charge >= 0.3 is 12.1 Å². The summed E-state index contributed by atoms with van der Waals surface area (Å²) in [7, 11) is 0. The predicted molar refractivity (Wildman–Crippen MR) is 61.4 cm³/mol. The van der Waals surface area contributed by atoms with Crippen molar-refractivity contribution in [3.05, 3.63) is 30.3 Å². The number of nitrogens with zero attached hydrogens (tertiary/aromatic N) is 2. The molecule has 7 heteroatoms. The fraction of sp³-hybridized carbons (Fsp3) is 0.333. The maximum atomic E-state index is 12.5. The first-order valence-electron chi connectivity index (χ1n) is 5.32. The lowest BCUT2D eigenvalue weighted by Crippen LogP contribution is -2.39. The van der Waals surface area contributed by atoms with Gasteiger partial charge in [0.25, 0.3) is 0 Å². The van der Waals surface area contributed by atoms with Crippen molar-refractivity contribution in [1.29, 1.82) is 5.26 Å². The van der Waals surface area contributed by atoms with E-state index in [4.69, 9.17) is 10.4 Å². The number of carboxylic acid groups (broad SMARTS) is 1. The fourth-order valence-electron chi connectivity index (χ4n) is 1.50. The molecule has 4 nitrogen and oxygen atoms in total. The number of nitriles is 1. The number of aliphatic carboxylic acids is 1. The molecule has 1 unspecified atom stereocenters. The molecule has 0 spiro atoms. The molecule has 0 amide bonds. The van der Waals surface area contributed by atoms with Crippen LogP contribution >= 0.6 is 0 Å². The molecule has 1 aromatic rings. The molecule has 0 aliphatic heterocycles. The summed E-state index contributed by atoms with van der Waals surface area (Å²) in [5.41, 5.74) is 0.328. The molecule has 0 aromatic heterocycles. The monoisotopic (exact) mass is 272 g/mol. The minimum atomic E-state index is -4.68. The first kappa shape index (κ1) is 14.8. The number of halogens is 3. The van der Waals surface area contributed by atoms with Crippen molar-refractivity contribution in [3.63, 3.8) is 0 Å². The fourth-order valence-corrected chi connectivity index (χ4v) is 1.50. The number of carboxylic acids is 1. The molecule has 1 atom stereocenters. The van der Waals surface area contributed by atoms with E-state index >= 15 is 0 Å². The van der Waals surface area contributed by atoms with Gasteiger partial charge in [0.1, 0.15) is 6.54 Å². The van der Waals surface area contributed by atoms with Crippen LogP contribution in [0, 0.1) is 17.2 Å². The van der Waals surface area contributed by atoms with Crippen LogP contribution in [-0.2, 0) is 4.79 Å². The highest BCUT2D eigenvalue weighted by molar-refractivity contribution is 5.73. The van der Waals surface area contributed by atoms with Gasteiger partial charge in [0.05, 0.1) is 6.07 Å². The zero-order chi connectivity index (χ0) is 14.5. The summed E-state index contributed by atoms with van der Waals surface area (Å²) in [6.07, 6.45) is -4.68. The second-order valence-electron chi connectivity index (χ2n) is 3.83. The van der Waals surface area contributed by atoms with Gasteiger partial charge in [-0.05, 0) is 12.1 Å². The van der Waals surface area contributed by atoms with Gasteiger partial charge in [-0.25, -0.2) is 0 Å². The summed E-state index contributed by atoms with van der Waals surface area (Å²) in [4.78, 5) is 11.7. The molecule has 19 heavy (non-hydrogen) atoms. The van der Waals surface area contributed by atoms with Crippen molar-refractivity contribution in [2.24, 2.45) is 5.92 Å². The Morgan fingerprint density at radius 2 is 1.95 bits per heavy atom. The van der Waals surface area contributed by atoms with E-state index in [9.17, 15) is 18.0 Å². The molecule has 0 saturated carbocycles. The molecule has 0 saturated heterocycles. The van der Waals surface area contributed by atoms with Crippen LogP contribution < -0.4 is 4.90 Å². The van der Waals surface area contributed by atoms with E-state index < -0.39 is 31.2 Å². The molecule has 0 bridgehead atoms. The maximum absolute atomic E-state index is 12.5. The molecule has 1 aromatic carbocycles. The van der Waals surface area contributed by atoms with E-state index in [0.29, 0.717) is 5.69 Å². The highest BCUT2D eigenvalue weighted by Crippen LogP contribution is 2.27. The Hall–Kier alpha value is -2.23. The van der Waals surface area contributed by atoms with Crippen LogP contribution in [0.15, 0.2) is 30.3 Å². The summed E-state index contributed by atoms with van der Waals surface area (Å²) >= 11 is 0. The summed E-state index contributed by atoms with van der Waals surface area (Å²) in [6, 6.07) is 8.97. The number of anilines is 1. The van der Waals surface area contributed by atoms with Crippen LogP contribution in [0.25, 0.3) is 0 Å². The van der Waals surface area contributed by atoms with Gasteiger partial charge in [-0.1, -0.05) is 18.2 Å². The number of benzene rings is 1. The number of hydrogen-bond donors (Lipinski definition) is 1. The average molecular weight is 272 g/mol. The molecular formula is C12H11F3N2O2. The Morgan fingerprint density at radius 1 is 1.37 bits per heavy atom. The van der Waals surface area contributed by atoms with E-state index in [1.165, 1.54) is 12.1 Å². The minimum Gasteiger partial charge on any atom is -0.480 e. The summed E-state index contributed by atoms with van der Waals surface area (Å²) < 4.78 is 37.6. The SMILES string of the molecule is N#CC(CN(CC(=O)O)c1ccccc1)C(F)(F)F. The third kappa shape index (κ3) is 4.50. The zero-order valence-electron chi connectivity index (χ0n) is 9.76. The van der Waals surface area contributed by atoms with Gasteiger partial charge in [0.15, 0.2) is 5.92 Å². The Bertz CT molecular complexity index is 468. The zero-order valence-corrected chi connectivity index (χ0v) is 9.76. The largest absolute Gasteiger partial charge is 0.480 e. The summed E-state index contributed by atoms with van der Waals surface area (Å²) in [6.45, 7) is -1.31.